The molecule has 1 amide bonds. The average molecular weight is 302 g/mol. The van der Waals surface area contributed by atoms with E-state index in [1.807, 2.05) is 12.1 Å². The number of hydrogen-bond acceptors (Lipinski definition) is 5. The van der Waals surface area contributed by atoms with Gasteiger partial charge in [0, 0.05) is 37.3 Å². The van der Waals surface area contributed by atoms with Crippen molar-refractivity contribution < 1.29 is 9.32 Å². The number of nitrogens with one attached hydrogen (secondary N) is 1. The summed E-state index contributed by atoms with van der Waals surface area (Å²) in [6, 6.07) is 3.63. The lowest BCUT2D eigenvalue weighted by molar-refractivity contribution is -0.121. The van der Waals surface area contributed by atoms with Gasteiger partial charge in [0.25, 0.3) is 0 Å². The van der Waals surface area contributed by atoms with Gasteiger partial charge in [0.1, 0.15) is 0 Å². The first-order valence-electron chi connectivity index (χ1n) is 7.79. The van der Waals surface area contributed by atoms with Gasteiger partial charge in [-0.1, -0.05) is 31.3 Å². The van der Waals surface area contributed by atoms with Crippen molar-refractivity contribution in [1.82, 2.24) is 20.4 Å². The second-order valence-corrected chi connectivity index (χ2v) is 5.16. The number of rotatable bonds is 9. The van der Waals surface area contributed by atoms with E-state index in [1.54, 1.807) is 12.4 Å². The van der Waals surface area contributed by atoms with Crippen LogP contribution in [-0.2, 0) is 11.2 Å². The smallest absolute Gasteiger partial charge is 0.227 e. The third-order valence-electron chi connectivity index (χ3n) is 3.33. The molecule has 0 aliphatic heterocycles. The van der Waals surface area contributed by atoms with Crippen LogP contribution < -0.4 is 5.32 Å². The van der Waals surface area contributed by atoms with E-state index in [1.165, 1.54) is 12.8 Å². The molecule has 2 aromatic rings. The molecule has 0 aliphatic rings. The molecule has 0 aromatic carbocycles. The Morgan fingerprint density at radius 2 is 2.05 bits per heavy atom. The number of unbranched alkanes of at least 4 members (excludes halogenated alkanes) is 3. The summed E-state index contributed by atoms with van der Waals surface area (Å²) < 4.78 is 5.17. The van der Waals surface area contributed by atoms with E-state index in [0.29, 0.717) is 24.6 Å². The number of aromatic nitrogens is 3. The first-order valence-corrected chi connectivity index (χ1v) is 7.79. The van der Waals surface area contributed by atoms with Gasteiger partial charge in [-0.2, -0.15) is 4.98 Å². The molecule has 6 nitrogen and oxygen atoms in total. The van der Waals surface area contributed by atoms with Crippen molar-refractivity contribution in [2.45, 2.75) is 45.4 Å². The third kappa shape index (κ3) is 5.27. The Morgan fingerprint density at radius 1 is 1.23 bits per heavy atom. The molecule has 0 saturated carbocycles. The Balaban J connectivity index is 1.71. The highest BCUT2D eigenvalue weighted by Crippen LogP contribution is 2.14. The van der Waals surface area contributed by atoms with E-state index in [0.717, 1.165) is 24.9 Å². The third-order valence-corrected chi connectivity index (χ3v) is 3.33. The Morgan fingerprint density at radius 3 is 2.82 bits per heavy atom. The highest BCUT2D eigenvalue weighted by molar-refractivity contribution is 5.75. The SMILES string of the molecule is CCCCCCNC(=O)CCc1nc(-c2ccncc2)no1. The van der Waals surface area contributed by atoms with E-state index in [-0.39, 0.29) is 5.91 Å². The number of pyridine rings is 1. The summed E-state index contributed by atoms with van der Waals surface area (Å²) in [5, 5.41) is 6.83. The van der Waals surface area contributed by atoms with Crippen molar-refractivity contribution in [3.05, 3.63) is 30.4 Å². The van der Waals surface area contributed by atoms with Crippen LogP contribution >= 0.6 is 0 Å². The summed E-state index contributed by atoms with van der Waals surface area (Å²) in [5.74, 6) is 1.03. The molecule has 1 N–H and O–H groups in total. The van der Waals surface area contributed by atoms with Crippen LogP contribution in [0.3, 0.4) is 0 Å². The number of carbonyl (C=O) groups is 1. The zero-order valence-corrected chi connectivity index (χ0v) is 12.9. The lowest BCUT2D eigenvalue weighted by Crippen LogP contribution is -2.24. The van der Waals surface area contributed by atoms with Gasteiger partial charge in [0.05, 0.1) is 0 Å². The van der Waals surface area contributed by atoms with E-state index < -0.39 is 0 Å². The van der Waals surface area contributed by atoms with Gasteiger partial charge in [-0.05, 0) is 18.6 Å². The van der Waals surface area contributed by atoms with Gasteiger partial charge in [-0.15, -0.1) is 0 Å². The number of aryl methyl sites for hydroxylation is 1. The summed E-state index contributed by atoms with van der Waals surface area (Å²) in [7, 11) is 0. The quantitative estimate of drug-likeness (QED) is 0.720. The number of carbonyl (C=O) groups excluding carboxylic acids is 1. The van der Waals surface area contributed by atoms with Crippen molar-refractivity contribution in [1.29, 1.82) is 0 Å². The Bertz CT molecular complexity index is 569. The minimum Gasteiger partial charge on any atom is -0.356 e. The van der Waals surface area contributed by atoms with E-state index in [4.69, 9.17) is 4.52 Å². The summed E-state index contributed by atoms with van der Waals surface area (Å²) in [6.07, 6.45) is 8.79. The topological polar surface area (TPSA) is 80.9 Å². The van der Waals surface area contributed by atoms with Crippen LogP contribution in [0.15, 0.2) is 29.0 Å². The summed E-state index contributed by atoms with van der Waals surface area (Å²) in [4.78, 5) is 19.9. The van der Waals surface area contributed by atoms with Gasteiger partial charge < -0.3 is 9.84 Å². The minimum absolute atomic E-state index is 0.0279. The van der Waals surface area contributed by atoms with Crippen molar-refractivity contribution >= 4 is 5.91 Å². The van der Waals surface area contributed by atoms with Crippen LogP contribution in [0.4, 0.5) is 0 Å². The summed E-state index contributed by atoms with van der Waals surface area (Å²) >= 11 is 0. The lowest BCUT2D eigenvalue weighted by Gasteiger charge is -2.03. The van der Waals surface area contributed by atoms with Gasteiger partial charge in [-0.25, -0.2) is 0 Å². The van der Waals surface area contributed by atoms with Gasteiger partial charge >= 0.3 is 0 Å². The first-order chi connectivity index (χ1) is 10.8. The van der Waals surface area contributed by atoms with Crippen LogP contribution in [0.2, 0.25) is 0 Å². The molecule has 0 bridgehead atoms. The summed E-state index contributed by atoms with van der Waals surface area (Å²) in [6.45, 7) is 2.91. The second-order valence-electron chi connectivity index (χ2n) is 5.16. The van der Waals surface area contributed by atoms with Crippen LogP contribution in [0, 0.1) is 0 Å². The molecule has 0 atom stereocenters. The fourth-order valence-corrected chi connectivity index (χ4v) is 2.06. The molecule has 0 unspecified atom stereocenters. The monoisotopic (exact) mass is 302 g/mol. The molecule has 0 aliphatic carbocycles. The molecule has 0 spiro atoms. The molecule has 0 fully saturated rings. The molecular weight excluding hydrogens is 280 g/mol. The highest BCUT2D eigenvalue weighted by atomic mass is 16.5. The Kier molecular flexibility index (Phi) is 6.54. The molecule has 118 valence electrons. The van der Waals surface area contributed by atoms with Gasteiger partial charge in [0.15, 0.2) is 0 Å². The van der Waals surface area contributed by atoms with Gasteiger partial charge in [0.2, 0.25) is 17.6 Å². The van der Waals surface area contributed by atoms with Crippen LogP contribution in [0.1, 0.15) is 44.9 Å². The fourth-order valence-electron chi connectivity index (χ4n) is 2.06. The zero-order chi connectivity index (χ0) is 15.6. The lowest BCUT2D eigenvalue weighted by atomic mass is 10.2. The maximum absolute atomic E-state index is 11.7. The number of nitrogens with zero attached hydrogens (tertiary/aromatic N) is 3. The predicted octanol–water partition coefficient (Wildman–Crippen LogP) is 2.76. The van der Waals surface area contributed by atoms with Crippen LogP contribution in [0.5, 0.6) is 0 Å². The fraction of sp³-hybridized carbons (Fsp3) is 0.500. The van der Waals surface area contributed by atoms with E-state index in [2.05, 4.69) is 27.4 Å². The largest absolute Gasteiger partial charge is 0.356 e. The standard InChI is InChI=1S/C16H22N4O2/c1-2-3-4-5-10-18-14(21)6-7-15-19-16(20-22-15)13-8-11-17-12-9-13/h8-9,11-12H,2-7,10H2,1H3,(H,18,21). The average Bonchev–Trinajstić information content (AvgIpc) is 3.02. The molecule has 2 heterocycles. The van der Waals surface area contributed by atoms with Crippen molar-refractivity contribution in [2.75, 3.05) is 6.54 Å². The molecule has 6 heteroatoms. The van der Waals surface area contributed by atoms with Gasteiger partial charge in [-0.3, -0.25) is 9.78 Å². The van der Waals surface area contributed by atoms with Crippen molar-refractivity contribution in [3.8, 4) is 11.4 Å². The molecule has 2 rings (SSSR count). The van der Waals surface area contributed by atoms with E-state index in [9.17, 15) is 4.79 Å². The molecule has 0 radical (unpaired) electrons. The molecule has 2 aromatic heterocycles. The highest BCUT2D eigenvalue weighted by Gasteiger charge is 2.10. The zero-order valence-electron chi connectivity index (χ0n) is 12.9. The van der Waals surface area contributed by atoms with Crippen LogP contribution in [-0.4, -0.2) is 27.6 Å². The summed E-state index contributed by atoms with van der Waals surface area (Å²) in [5.41, 5.74) is 0.852. The second kappa shape index (κ2) is 8.92. The number of hydrogen-bond donors (Lipinski definition) is 1. The van der Waals surface area contributed by atoms with Crippen LogP contribution in [0.25, 0.3) is 11.4 Å². The van der Waals surface area contributed by atoms with E-state index >= 15 is 0 Å². The first kappa shape index (κ1) is 16.1. The predicted molar refractivity (Wildman–Crippen MR) is 83.0 cm³/mol. The van der Waals surface area contributed by atoms with Crippen molar-refractivity contribution in [2.24, 2.45) is 0 Å². The Labute approximate surface area is 130 Å². The Hall–Kier alpha value is -2.24. The normalized spacial score (nSPS) is 10.6. The molecular formula is C16H22N4O2. The maximum atomic E-state index is 11.7. The minimum atomic E-state index is 0.0279. The molecule has 0 saturated heterocycles. The molecule has 22 heavy (non-hydrogen) atoms. The van der Waals surface area contributed by atoms with Crippen molar-refractivity contribution in [3.63, 3.8) is 0 Å². The maximum Gasteiger partial charge on any atom is 0.227 e. The number of amides is 1.